The lowest BCUT2D eigenvalue weighted by atomic mass is 9.97. The van der Waals surface area contributed by atoms with Gasteiger partial charge in [-0.1, -0.05) is 36.4 Å². The van der Waals surface area contributed by atoms with E-state index in [1.54, 1.807) is 6.33 Å². The van der Waals surface area contributed by atoms with Gasteiger partial charge in [-0.05, 0) is 42.6 Å². The fraction of sp³-hybridized carbons (Fsp3) is 0.300. The molecule has 0 aliphatic carbocycles. The predicted molar refractivity (Wildman–Crippen MR) is 113 cm³/mol. The Kier molecular flexibility index (Phi) is 7.66. The molecule has 0 saturated carbocycles. The van der Waals surface area contributed by atoms with Crippen molar-refractivity contribution in [2.75, 3.05) is 6.54 Å². The Balaban J connectivity index is 0.00000131. The maximum atomic E-state index is 12.6. The second-order valence-corrected chi connectivity index (χ2v) is 6.59. The van der Waals surface area contributed by atoms with Gasteiger partial charge in [-0.25, -0.2) is 4.98 Å². The summed E-state index contributed by atoms with van der Waals surface area (Å²) >= 11 is 0. The number of aromatic nitrogens is 2. The van der Waals surface area contributed by atoms with E-state index in [4.69, 9.17) is 0 Å². The number of amides is 1. The number of carbonyl (C=O) groups excluding carboxylic acids is 1. The highest BCUT2D eigenvalue weighted by Crippen LogP contribution is 2.25. The summed E-state index contributed by atoms with van der Waals surface area (Å²) in [5, 5.41) is 6.61. The molecule has 1 saturated heterocycles. The topological polar surface area (TPSA) is 69.8 Å². The van der Waals surface area contributed by atoms with Crippen LogP contribution in [-0.2, 0) is 4.79 Å². The molecule has 1 amide bonds. The minimum absolute atomic E-state index is 0. The molecular weight excluding hydrogens is 383 g/mol. The summed E-state index contributed by atoms with van der Waals surface area (Å²) in [4.78, 5) is 20.0. The van der Waals surface area contributed by atoms with Crippen molar-refractivity contribution in [3.05, 3.63) is 66.0 Å². The van der Waals surface area contributed by atoms with E-state index in [1.165, 1.54) is 0 Å². The largest absolute Gasteiger partial charge is 0.345 e. The van der Waals surface area contributed by atoms with Gasteiger partial charge in [-0.3, -0.25) is 4.79 Å². The van der Waals surface area contributed by atoms with Crippen molar-refractivity contribution in [2.24, 2.45) is 0 Å². The third-order valence-electron chi connectivity index (χ3n) is 4.81. The number of carbonyl (C=O) groups is 1. The molecule has 7 heteroatoms. The predicted octanol–water partition coefficient (Wildman–Crippen LogP) is 3.75. The normalized spacial score (nSPS) is 17.0. The van der Waals surface area contributed by atoms with Gasteiger partial charge in [-0.2, -0.15) is 0 Å². The van der Waals surface area contributed by atoms with Crippen LogP contribution in [-0.4, -0.2) is 28.5 Å². The van der Waals surface area contributed by atoms with Crippen molar-refractivity contribution in [3.63, 3.8) is 0 Å². The van der Waals surface area contributed by atoms with Gasteiger partial charge in [-0.15, -0.1) is 24.8 Å². The van der Waals surface area contributed by atoms with Gasteiger partial charge in [0.05, 0.1) is 23.4 Å². The lowest BCUT2D eigenvalue weighted by Crippen LogP contribution is -2.34. The first-order valence-corrected chi connectivity index (χ1v) is 8.80. The summed E-state index contributed by atoms with van der Waals surface area (Å²) in [7, 11) is 0. The molecule has 1 aromatic heterocycles. The molecule has 27 heavy (non-hydrogen) atoms. The molecule has 144 valence electrons. The smallest absolute Gasteiger partial charge is 0.222 e. The monoisotopic (exact) mass is 406 g/mol. The zero-order valence-corrected chi connectivity index (χ0v) is 16.5. The van der Waals surface area contributed by atoms with Crippen LogP contribution in [0.25, 0.3) is 11.0 Å². The van der Waals surface area contributed by atoms with Gasteiger partial charge in [0, 0.05) is 12.5 Å². The Bertz CT molecular complexity index is 863. The molecule has 0 radical (unpaired) electrons. The highest BCUT2D eigenvalue weighted by atomic mass is 35.5. The average Bonchev–Trinajstić information content (AvgIpc) is 3.31. The van der Waals surface area contributed by atoms with Crippen LogP contribution in [0.2, 0.25) is 0 Å². The third kappa shape index (κ3) is 5.01. The molecule has 1 fully saturated rings. The minimum Gasteiger partial charge on any atom is -0.345 e. The summed E-state index contributed by atoms with van der Waals surface area (Å²) in [5.74, 6) is 0.0814. The summed E-state index contributed by atoms with van der Waals surface area (Å²) in [6.07, 6.45) is 4.44. The van der Waals surface area contributed by atoms with Crippen molar-refractivity contribution in [1.29, 1.82) is 0 Å². The summed E-state index contributed by atoms with van der Waals surface area (Å²) in [6, 6.07) is 16.3. The summed E-state index contributed by atoms with van der Waals surface area (Å²) < 4.78 is 0. The van der Waals surface area contributed by atoms with Crippen molar-refractivity contribution in [2.45, 2.75) is 31.3 Å². The van der Waals surface area contributed by atoms with E-state index < -0.39 is 0 Å². The fourth-order valence-corrected chi connectivity index (χ4v) is 3.51. The van der Waals surface area contributed by atoms with E-state index in [2.05, 4.69) is 38.8 Å². The Hall–Kier alpha value is -2.08. The Morgan fingerprint density at radius 1 is 1.15 bits per heavy atom. The molecule has 2 aromatic carbocycles. The van der Waals surface area contributed by atoms with Crippen molar-refractivity contribution >= 4 is 41.8 Å². The molecule has 3 aromatic rings. The number of nitrogens with zero attached hydrogens (tertiary/aromatic N) is 1. The van der Waals surface area contributed by atoms with Crippen LogP contribution in [0, 0.1) is 0 Å². The van der Waals surface area contributed by atoms with Crippen LogP contribution in [0.3, 0.4) is 0 Å². The number of fused-ring (bicyclic) bond motifs is 1. The molecule has 3 N–H and O–H groups in total. The minimum atomic E-state index is -0.164. The number of hydrogen-bond donors (Lipinski definition) is 3. The number of H-pyrrole nitrogens is 1. The zero-order valence-electron chi connectivity index (χ0n) is 14.9. The lowest BCUT2D eigenvalue weighted by molar-refractivity contribution is -0.122. The SMILES string of the molecule is Cl.Cl.O=C(CC1CCCN1)NC(c1ccccc1)c1ccc2nc[nH]c2c1. The Labute approximate surface area is 171 Å². The first-order valence-electron chi connectivity index (χ1n) is 8.80. The molecule has 5 nitrogen and oxygen atoms in total. The number of nitrogens with one attached hydrogen (secondary N) is 3. The van der Waals surface area contributed by atoms with Crippen LogP contribution in [0.5, 0.6) is 0 Å². The number of hydrogen-bond acceptors (Lipinski definition) is 3. The second kappa shape index (κ2) is 9.74. The van der Waals surface area contributed by atoms with E-state index in [9.17, 15) is 4.79 Å². The molecule has 4 rings (SSSR count). The fourth-order valence-electron chi connectivity index (χ4n) is 3.51. The van der Waals surface area contributed by atoms with Crippen LogP contribution < -0.4 is 10.6 Å². The second-order valence-electron chi connectivity index (χ2n) is 6.59. The highest BCUT2D eigenvalue weighted by molar-refractivity contribution is 5.85. The summed E-state index contributed by atoms with van der Waals surface area (Å²) in [5.41, 5.74) is 4.03. The van der Waals surface area contributed by atoms with Crippen LogP contribution in [0.1, 0.15) is 36.4 Å². The Morgan fingerprint density at radius 2 is 1.96 bits per heavy atom. The quantitative estimate of drug-likeness (QED) is 0.603. The number of aromatic amines is 1. The number of halogens is 2. The third-order valence-corrected chi connectivity index (χ3v) is 4.81. The Morgan fingerprint density at radius 3 is 2.70 bits per heavy atom. The van der Waals surface area contributed by atoms with Gasteiger partial charge in [0.25, 0.3) is 0 Å². The molecule has 2 heterocycles. The molecular formula is C20H24Cl2N4O. The molecule has 1 aliphatic heterocycles. The average molecular weight is 407 g/mol. The zero-order chi connectivity index (χ0) is 17.1. The van der Waals surface area contributed by atoms with Gasteiger partial charge >= 0.3 is 0 Å². The van der Waals surface area contributed by atoms with Crippen molar-refractivity contribution < 1.29 is 4.79 Å². The van der Waals surface area contributed by atoms with E-state index >= 15 is 0 Å². The van der Waals surface area contributed by atoms with Crippen LogP contribution in [0.4, 0.5) is 0 Å². The summed E-state index contributed by atoms with van der Waals surface area (Å²) in [6.45, 7) is 1.01. The van der Waals surface area contributed by atoms with E-state index in [0.717, 1.165) is 41.5 Å². The standard InChI is InChI=1S/C20H22N4O.2ClH/c25-19(12-16-7-4-10-21-16)24-20(14-5-2-1-3-6-14)15-8-9-17-18(11-15)23-13-22-17;;/h1-3,5-6,8-9,11,13,16,20-21H,4,7,10,12H2,(H,22,23)(H,24,25);2*1H. The lowest BCUT2D eigenvalue weighted by Gasteiger charge is -2.21. The first kappa shape index (κ1) is 21.2. The first-order chi connectivity index (χ1) is 12.3. The number of rotatable bonds is 5. The van der Waals surface area contributed by atoms with Gasteiger partial charge in [0.15, 0.2) is 0 Å². The van der Waals surface area contributed by atoms with E-state index in [-0.39, 0.29) is 36.8 Å². The van der Waals surface area contributed by atoms with Crippen molar-refractivity contribution in [1.82, 2.24) is 20.6 Å². The number of imidazole rings is 1. The van der Waals surface area contributed by atoms with Crippen LogP contribution in [0.15, 0.2) is 54.9 Å². The maximum absolute atomic E-state index is 12.6. The van der Waals surface area contributed by atoms with E-state index in [0.29, 0.717) is 12.5 Å². The van der Waals surface area contributed by atoms with E-state index in [1.807, 2.05) is 30.3 Å². The molecule has 0 bridgehead atoms. The van der Waals surface area contributed by atoms with Crippen LogP contribution >= 0.6 is 24.8 Å². The van der Waals surface area contributed by atoms with Gasteiger partial charge < -0.3 is 15.6 Å². The molecule has 2 unspecified atom stereocenters. The van der Waals surface area contributed by atoms with Gasteiger partial charge in [0.1, 0.15) is 0 Å². The highest BCUT2D eigenvalue weighted by Gasteiger charge is 2.21. The molecule has 2 atom stereocenters. The maximum Gasteiger partial charge on any atom is 0.222 e. The van der Waals surface area contributed by atoms with Crippen molar-refractivity contribution in [3.8, 4) is 0 Å². The molecule has 0 spiro atoms. The van der Waals surface area contributed by atoms with Gasteiger partial charge in [0.2, 0.25) is 5.91 Å². The molecule has 1 aliphatic rings. The number of benzene rings is 2.